The molecule has 3 amide bonds. The molecule has 6 atom stereocenters. The van der Waals surface area contributed by atoms with Crippen molar-refractivity contribution in [3.63, 3.8) is 0 Å². The average Bonchev–Trinajstić information content (AvgIpc) is 3.16. The Kier molecular flexibility index (Phi) is 11.8. The molecule has 4 aliphatic rings. The number of amides is 3. The number of fused-ring (bicyclic) bond motifs is 6. The monoisotopic (exact) mass is 758 g/mol. The van der Waals surface area contributed by atoms with Crippen molar-refractivity contribution in [3.8, 4) is 5.75 Å². The summed E-state index contributed by atoms with van der Waals surface area (Å²) in [7, 11) is 1.84. The number of aliphatic hydroxyl groups is 1. The zero-order valence-corrected chi connectivity index (χ0v) is 34.5. The van der Waals surface area contributed by atoms with Gasteiger partial charge in [0.05, 0.1) is 30.7 Å². The van der Waals surface area contributed by atoms with Crippen LogP contribution in [-0.2, 0) is 38.0 Å². The van der Waals surface area contributed by atoms with E-state index >= 15 is 9.59 Å². The predicted octanol–water partition coefficient (Wildman–Crippen LogP) is 6.78. The van der Waals surface area contributed by atoms with Gasteiger partial charge in [0.2, 0.25) is 11.8 Å². The van der Waals surface area contributed by atoms with Gasteiger partial charge in [-0.3, -0.25) is 14.5 Å². The predicted molar refractivity (Wildman–Crippen MR) is 216 cm³/mol. The summed E-state index contributed by atoms with van der Waals surface area (Å²) in [6.07, 6.45) is 8.18. The van der Waals surface area contributed by atoms with Crippen LogP contribution in [-0.4, -0.2) is 85.9 Å². The number of ether oxygens (including phenoxy) is 2. The number of benzene rings is 2. The number of likely N-dealkylation sites (N-methyl/N-ethyl adjacent to an activating group) is 1. The van der Waals surface area contributed by atoms with Gasteiger partial charge in [0.1, 0.15) is 5.75 Å². The number of carbonyl (C=O) groups excluding carboxylic acids is 3. The number of nitrogens with two attached hydrogens (primary N) is 1. The Balaban J connectivity index is 1.27. The zero-order valence-electron chi connectivity index (χ0n) is 34.5. The van der Waals surface area contributed by atoms with Crippen LogP contribution in [0.5, 0.6) is 5.75 Å². The van der Waals surface area contributed by atoms with Gasteiger partial charge >= 0.3 is 6.09 Å². The first kappa shape index (κ1) is 41.2. The third-order valence-electron chi connectivity index (χ3n) is 15.3. The van der Waals surface area contributed by atoms with E-state index in [0.29, 0.717) is 38.5 Å². The maximum absolute atomic E-state index is 15.4. The van der Waals surface area contributed by atoms with Gasteiger partial charge in [-0.15, -0.1) is 0 Å². The summed E-state index contributed by atoms with van der Waals surface area (Å²) >= 11 is 0. The molecule has 0 radical (unpaired) electrons. The van der Waals surface area contributed by atoms with Crippen LogP contribution < -0.4 is 15.8 Å². The van der Waals surface area contributed by atoms with Crippen LogP contribution in [0.15, 0.2) is 36.4 Å². The van der Waals surface area contributed by atoms with Crippen LogP contribution in [0.25, 0.3) is 0 Å². The van der Waals surface area contributed by atoms with E-state index in [2.05, 4.69) is 58.1 Å². The van der Waals surface area contributed by atoms with Crippen molar-refractivity contribution in [2.24, 2.45) is 22.2 Å². The van der Waals surface area contributed by atoms with E-state index in [0.717, 1.165) is 75.5 Å². The van der Waals surface area contributed by atoms with E-state index in [-0.39, 0.29) is 36.4 Å². The molecule has 10 nitrogen and oxygen atoms in total. The molecule has 2 aromatic carbocycles. The molecule has 0 heterocycles. The summed E-state index contributed by atoms with van der Waals surface area (Å²) in [5, 5.41) is 12.2. The van der Waals surface area contributed by atoms with E-state index < -0.39 is 27.8 Å². The second-order valence-corrected chi connectivity index (χ2v) is 18.0. The summed E-state index contributed by atoms with van der Waals surface area (Å²) in [6.45, 7) is 15.3. The minimum atomic E-state index is -0.781. The normalized spacial score (nSPS) is 30.9. The lowest BCUT2D eigenvalue weighted by Gasteiger charge is -2.63. The number of rotatable bonds is 12. The van der Waals surface area contributed by atoms with Crippen molar-refractivity contribution in [2.75, 3.05) is 58.8 Å². The quantitative estimate of drug-likeness (QED) is 0.123. The second-order valence-electron chi connectivity index (χ2n) is 18.0. The van der Waals surface area contributed by atoms with Crippen molar-refractivity contribution >= 4 is 23.6 Å². The summed E-state index contributed by atoms with van der Waals surface area (Å²) < 4.78 is 11.5. The standard InChI is InChI=1S/C45H66N4O6/c1-8-49(38(51)42(3)19-9-18-41(2)35-29-33(46)14-11-31(35)13-16-37(41)42)39(52)44(5)21-10-20-43(4)36-30-34(15-12-32(36)17-22-45(43,44)6)55-40(53)48(24-23-47-7)25-27-54-28-26-50/h11-12,14-15,29-30,37,47,50H,8-10,13,16-28,46H2,1-7H3/t37-,41-,42+,43-,44-,45-/m1/s1. The number of nitrogen functional groups attached to an aromatic ring is 1. The minimum Gasteiger partial charge on any atom is -0.410 e. The lowest BCUT2D eigenvalue weighted by Crippen LogP contribution is -2.65. The molecule has 0 saturated heterocycles. The van der Waals surface area contributed by atoms with Gasteiger partial charge in [-0.2, -0.15) is 0 Å². The smallest absolute Gasteiger partial charge is 0.410 e. The summed E-state index contributed by atoms with van der Waals surface area (Å²) in [5.74, 6) is 0.530. The van der Waals surface area contributed by atoms with Crippen LogP contribution >= 0.6 is 0 Å². The highest BCUT2D eigenvalue weighted by molar-refractivity contribution is 6.01. The minimum absolute atomic E-state index is 0.0182. The highest BCUT2D eigenvalue weighted by Gasteiger charge is 2.65. The van der Waals surface area contributed by atoms with Crippen molar-refractivity contribution in [3.05, 3.63) is 58.7 Å². The molecule has 55 heavy (non-hydrogen) atoms. The average molecular weight is 759 g/mol. The van der Waals surface area contributed by atoms with E-state index in [4.69, 9.17) is 20.3 Å². The molecule has 2 saturated carbocycles. The number of hydrogen-bond acceptors (Lipinski definition) is 8. The Labute approximate surface area is 328 Å². The molecule has 0 aliphatic heterocycles. The van der Waals surface area contributed by atoms with Crippen molar-refractivity contribution in [2.45, 2.75) is 117 Å². The highest BCUT2D eigenvalue weighted by Crippen LogP contribution is 2.66. The molecule has 2 fully saturated rings. The lowest BCUT2D eigenvalue weighted by molar-refractivity contribution is -0.173. The van der Waals surface area contributed by atoms with E-state index in [1.54, 1.807) is 9.80 Å². The molecule has 6 rings (SSSR count). The maximum atomic E-state index is 15.4. The van der Waals surface area contributed by atoms with E-state index in [1.165, 1.54) is 16.7 Å². The Bertz CT molecular complexity index is 1770. The number of hydrogen-bond donors (Lipinski definition) is 3. The highest BCUT2D eigenvalue weighted by atomic mass is 16.6. The van der Waals surface area contributed by atoms with Crippen LogP contribution in [0.3, 0.4) is 0 Å². The van der Waals surface area contributed by atoms with Crippen LogP contribution in [0.4, 0.5) is 10.5 Å². The molecule has 0 bridgehead atoms. The third-order valence-corrected chi connectivity index (χ3v) is 15.3. The first-order valence-corrected chi connectivity index (χ1v) is 20.8. The largest absolute Gasteiger partial charge is 0.415 e. The molecule has 2 aromatic rings. The van der Waals surface area contributed by atoms with Gasteiger partial charge in [0.15, 0.2) is 0 Å². The second kappa shape index (κ2) is 15.8. The molecule has 0 unspecified atom stereocenters. The molecular weight excluding hydrogens is 693 g/mol. The first-order chi connectivity index (χ1) is 26.1. The van der Waals surface area contributed by atoms with Crippen LogP contribution in [0, 0.1) is 22.2 Å². The molecule has 10 heteroatoms. The molecule has 0 aromatic heterocycles. The van der Waals surface area contributed by atoms with E-state index in [1.807, 2.05) is 32.2 Å². The SMILES string of the molecule is CCN(C(=O)[C@@]1(C)CCC[C@]2(C)c3cc(N)ccc3CC[C@@H]12)C(=O)[C@@]1(C)CCC[C@]2(C)c3cc(OC(=O)N(CCNC)CCOCCO)ccc3CC[C@@]12C. The number of carbonyl (C=O) groups is 3. The number of aliphatic hydroxyl groups excluding tert-OH is 1. The van der Waals surface area contributed by atoms with Crippen LogP contribution in [0.2, 0.25) is 0 Å². The maximum Gasteiger partial charge on any atom is 0.415 e. The Hall–Kier alpha value is -3.47. The van der Waals surface area contributed by atoms with Gasteiger partial charge in [-0.05, 0) is 134 Å². The topological polar surface area (TPSA) is 134 Å². The van der Waals surface area contributed by atoms with Gasteiger partial charge < -0.3 is 30.5 Å². The van der Waals surface area contributed by atoms with E-state index in [9.17, 15) is 4.79 Å². The summed E-state index contributed by atoms with van der Waals surface area (Å²) in [4.78, 5) is 47.3. The Morgan fingerprint density at radius 2 is 1.60 bits per heavy atom. The fourth-order valence-electron chi connectivity index (χ4n) is 11.8. The number of aryl methyl sites for hydroxylation is 2. The Morgan fingerprint density at radius 3 is 2.33 bits per heavy atom. The molecule has 0 spiro atoms. The summed E-state index contributed by atoms with van der Waals surface area (Å²) in [5.41, 5.74) is 9.58. The number of anilines is 1. The Morgan fingerprint density at radius 1 is 0.873 bits per heavy atom. The number of imide groups is 1. The number of nitrogens with zero attached hydrogens (tertiary/aromatic N) is 2. The van der Waals surface area contributed by atoms with Crippen molar-refractivity contribution in [1.82, 2.24) is 15.1 Å². The number of nitrogens with one attached hydrogen (secondary N) is 1. The van der Waals surface area contributed by atoms with Crippen molar-refractivity contribution < 1.29 is 29.0 Å². The van der Waals surface area contributed by atoms with Crippen molar-refractivity contribution in [1.29, 1.82) is 0 Å². The molecule has 4 aliphatic carbocycles. The van der Waals surface area contributed by atoms with Gasteiger partial charge in [0, 0.05) is 31.9 Å². The van der Waals surface area contributed by atoms with Gasteiger partial charge in [-0.25, -0.2) is 4.79 Å². The molecule has 302 valence electrons. The zero-order chi connectivity index (χ0) is 39.8. The fraction of sp³-hybridized carbons (Fsp3) is 0.667. The summed E-state index contributed by atoms with van der Waals surface area (Å²) in [6, 6.07) is 12.3. The third kappa shape index (κ3) is 6.88. The van der Waals surface area contributed by atoms with Gasteiger partial charge in [-0.1, -0.05) is 59.6 Å². The van der Waals surface area contributed by atoms with Gasteiger partial charge in [0.25, 0.3) is 0 Å². The van der Waals surface area contributed by atoms with Crippen LogP contribution in [0.1, 0.15) is 115 Å². The molecule has 4 N–H and O–H groups in total. The first-order valence-electron chi connectivity index (χ1n) is 20.8. The fourth-order valence-corrected chi connectivity index (χ4v) is 11.8. The molecular formula is C45H66N4O6. The lowest BCUT2D eigenvalue weighted by atomic mass is 9.41.